The SMILES string of the molecule is CC1(C)C2CCC3C4CC[C@@]5(C)CC[C@H](C(=O)O)C[C@H]5C4=CC(=O)C3[C@@]2(C)CC[C@@H]1O. The topological polar surface area (TPSA) is 74.6 Å². The van der Waals surface area contributed by atoms with E-state index in [4.69, 9.17) is 0 Å². The van der Waals surface area contributed by atoms with Crippen molar-refractivity contribution in [2.45, 2.75) is 91.6 Å². The summed E-state index contributed by atoms with van der Waals surface area (Å²) in [5, 5.41) is 20.4. The fraction of sp³-hybridized carbons (Fsp3) is 0.852. The zero-order valence-corrected chi connectivity index (χ0v) is 19.7. The normalized spacial score (nSPS) is 50.9. The highest BCUT2D eigenvalue weighted by Crippen LogP contribution is 2.66. The van der Waals surface area contributed by atoms with E-state index in [0.29, 0.717) is 30.0 Å². The molecule has 0 aromatic rings. The van der Waals surface area contributed by atoms with Crippen LogP contribution in [0.15, 0.2) is 11.6 Å². The van der Waals surface area contributed by atoms with Gasteiger partial charge in [-0.1, -0.05) is 33.3 Å². The van der Waals surface area contributed by atoms with Crippen molar-refractivity contribution in [3.63, 3.8) is 0 Å². The highest BCUT2D eigenvalue weighted by atomic mass is 16.4. The van der Waals surface area contributed by atoms with Gasteiger partial charge in [-0.3, -0.25) is 9.59 Å². The van der Waals surface area contributed by atoms with Crippen molar-refractivity contribution in [2.75, 3.05) is 0 Å². The first-order valence-electron chi connectivity index (χ1n) is 12.7. The van der Waals surface area contributed by atoms with Crippen molar-refractivity contribution < 1.29 is 19.8 Å². The van der Waals surface area contributed by atoms with Crippen molar-refractivity contribution in [1.29, 1.82) is 0 Å². The lowest BCUT2D eigenvalue weighted by molar-refractivity contribution is -0.168. The van der Waals surface area contributed by atoms with Crippen LogP contribution in [-0.4, -0.2) is 28.1 Å². The largest absolute Gasteiger partial charge is 0.481 e. The fourth-order valence-electron chi connectivity index (χ4n) is 9.39. The third-order valence-electron chi connectivity index (χ3n) is 11.2. The summed E-state index contributed by atoms with van der Waals surface area (Å²) in [4.78, 5) is 25.5. The van der Waals surface area contributed by atoms with E-state index in [0.717, 1.165) is 51.4 Å². The molecule has 5 aliphatic rings. The van der Waals surface area contributed by atoms with Gasteiger partial charge in [-0.15, -0.1) is 0 Å². The van der Waals surface area contributed by atoms with Gasteiger partial charge < -0.3 is 10.2 Å². The zero-order valence-electron chi connectivity index (χ0n) is 19.7. The van der Waals surface area contributed by atoms with Gasteiger partial charge in [0.1, 0.15) is 0 Å². The molecule has 0 aromatic heterocycles. The maximum Gasteiger partial charge on any atom is 0.306 e. The monoisotopic (exact) mass is 428 g/mol. The molecule has 4 saturated carbocycles. The van der Waals surface area contributed by atoms with Crippen molar-refractivity contribution >= 4 is 11.8 Å². The molecule has 0 bridgehead atoms. The number of aliphatic hydroxyl groups is 1. The Bertz CT molecular complexity index is 827. The lowest BCUT2D eigenvalue weighted by Crippen LogP contribution is -2.60. The molecule has 4 heteroatoms. The van der Waals surface area contributed by atoms with E-state index in [2.05, 4.69) is 27.7 Å². The van der Waals surface area contributed by atoms with E-state index in [9.17, 15) is 19.8 Å². The average Bonchev–Trinajstić information content (AvgIpc) is 2.70. The Morgan fingerprint density at radius 3 is 2.42 bits per heavy atom. The van der Waals surface area contributed by atoms with E-state index in [1.807, 2.05) is 6.08 Å². The molecule has 31 heavy (non-hydrogen) atoms. The van der Waals surface area contributed by atoms with Crippen LogP contribution in [0.25, 0.3) is 0 Å². The minimum Gasteiger partial charge on any atom is -0.481 e. The van der Waals surface area contributed by atoms with E-state index < -0.39 is 5.97 Å². The van der Waals surface area contributed by atoms with Gasteiger partial charge in [-0.25, -0.2) is 0 Å². The van der Waals surface area contributed by atoms with Crippen LogP contribution in [0.5, 0.6) is 0 Å². The summed E-state index contributed by atoms with van der Waals surface area (Å²) in [6.07, 6.45) is 10.4. The quantitative estimate of drug-likeness (QED) is 0.599. The molecule has 0 saturated heterocycles. The number of hydrogen-bond donors (Lipinski definition) is 2. The second-order valence-electron chi connectivity index (χ2n) is 12.9. The zero-order chi connectivity index (χ0) is 22.3. The van der Waals surface area contributed by atoms with Crippen LogP contribution in [0.1, 0.15) is 85.5 Å². The number of carbonyl (C=O) groups is 2. The molecular formula is C27H40O4. The molecule has 5 rings (SSSR count). The molecule has 2 N–H and O–H groups in total. The van der Waals surface area contributed by atoms with E-state index in [1.165, 1.54) is 5.57 Å². The third kappa shape index (κ3) is 2.96. The number of fused-ring (bicyclic) bond motifs is 7. The number of aliphatic hydroxyl groups excluding tert-OH is 1. The predicted octanol–water partition coefficient (Wildman–Crippen LogP) is 5.24. The fourth-order valence-corrected chi connectivity index (χ4v) is 9.39. The van der Waals surface area contributed by atoms with Crippen molar-refractivity contribution in [2.24, 2.45) is 51.8 Å². The number of aliphatic carboxylic acids is 1. The maximum atomic E-state index is 13.8. The number of ketones is 1. The minimum absolute atomic E-state index is 0.0400. The number of carboxylic acids is 1. The molecule has 172 valence electrons. The summed E-state index contributed by atoms with van der Waals surface area (Å²) >= 11 is 0. The Morgan fingerprint density at radius 1 is 1.00 bits per heavy atom. The van der Waals surface area contributed by atoms with Crippen LogP contribution < -0.4 is 0 Å². The molecule has 9 atom stereocenters. The van der Waals surface area contributed by atoms with Gasteiger partial charge in [0.2, 0.25) is 0 Å². The maximum absolute atomic E-state index is 13.8. The molecule has 0 heterocycles. The van der Waals surface area contributed by atoms with Crippen LogP contribution in [0, 0.1) is 51.8 Å². The molecule has 0 radical (unpaired) electrons. The third-order valence-corrected chi connectivity index (χ3v) is 11.2. The summed E-state index contributed by atoms with van der Waals surface area (Å²) < 4.78 is 0. The van der Waals surface area contributed by atoms with Gasteiger partial charge in [-0.2, -0.15) is 0 Å². The smallest absolute Gasteiger partial charge is 0.306 e. The van der Waals surface area contributed by atoms with Crippen LogP contribution in [0.3, 0.4) is 0 Å². The Balaban J connectivity index is 1.51. The lowest BCUT2D eigenvalue weighted by Gasteiger charge is -2.63. The number of carbonyl (C=O) groups excluding carboxylic acids is 1. The number of hydrogen-bond acceptors (Lipinski definition) is 3. The van der Waals surface area contributed by atoms with Gasteiger partial charge in [0.05, 0.1) is 12.0 Å². The minimum atomic E-state index is -0.666. The summed E-state index contributed by atoms with van der Waals surface area (Å²) in [5.74, 6) is 0.910. The van der Waals surface area contributed by atoms with E-state index >= 15 is 0 Å². The van der Waals surface area contributed by atoms with Crippen molar-refractivity contribution in [1.82, 2.24) is 0 Å². The Kier molecular flexibility index (Phi) is 4.84. The van der Waals surface area contributed by atoms with Gasteiger partial charge in [0, 0.05) is 5.92 Å². The molecule has 5 aliphatic carbocycles. The number of allylic oxidation sites excluding steroid dienone is 2. The summed E-state index contributed by atoms with van der Waals surface area (Å²) in [6, 6.07) is 0. The van der Waals surface area contributed by atoms with Gasteiger partial charge in [0.15, 0.2) is 5.78 Å². The molecule has 0 aromatic carbocycles. The standard InChI is InChI=1S/C27H40O4/c1-25(2)21-6-5-17-16-8-11-26(3)10-7-15(24(30)31)13-19(26)18(16)14-20(28)23(17)27(21,4)12-9-22(25)29/h14-17,19,21-23,29H,5-13H2,1-4H3,(H,30,31)/t15-,16?,17?,19-,21?,22-,23?,26+,27-/m0/s1. The van der Waals surface area contributed by atoms with Crippen molar-refractivity contribution in [3.8, 4) is 0 Å². The van der Waals surface area contributed by atoms with Crippen LogP contribution in [0.4, 0.5) is 0 Å². The summed E-state index contributed by atoms with van der Waals surface area (Å²) in [5.41, 5.74) is 1.27. The molecule has 4 fully saturated rings. The van der Waals surface area contributed by atoms with Crippen LogP contribution >= 0.6 is 0 Å². The van der Waals surface area contributed by atoms with Crippen molar-refractivity contribution in [3.05, 3.63) is 11.6 Å². The highest BCUT2D eigenvalue weighted by Gasteiger charge is 2.62. The Labute approximate surface area is 186 Å². The van der Waals surface area contributed by atoms with Gasteiger partial charge >= 0.3 is 5.97 Å². The first-order valence-corrected chi connectivity index (χ1v) is 12.7. The van der Waals surface area contributed by atoms with E-state index in [-0.39, 0.29) is 40.1 Å². The molecule has 0 spiro atoms. The second kappa shape index (κ2) is 6.92. The van der Waals surface area contributed by atoms with Crippen LogP contribution in [-0.2, 0) is 9.59 Å². The summed E-state index contributed by atoms with van der Waals surface area (Å²) in [7, 11) is 0. The molecule has 4 unspecified atom stereocenters. The summed E-state index contributed by atoms with van der Waals surface area (Å²) in [6.45, 7) is 9.09. The molecule has 0 amide bonds. The van der Waals surface area contributed by atoms with Crippen LogP contribution in [0.2, 0.25) is 0 Å². The lowest BCUT2D eigenvalue weighted by atomic mass is 9.41. The first kappa shape index (κ1) is 21.7. The Hall–Kier alpha value is -1.16. The molecule has 0 aliphatic heterocycles. The van der Waals surface area contributed by atoms with Gasteiger partial charge in [0.25, 0.3) is 0 Å². The second-order valence-corrected chi connectivity index (χ2v) is 12.9. The number of rotatable bonds is 1. The first-order chi connectivity index (χ1) is 14.5. The highest BCUT2D eigenvalue weighted by molar-refractivity contribution is 5.94. The predicted molar refractivity (Wildman–Crippen MR) is 119 cm³/mol. The molecular weight excluding hydrogens is 388 g/mol. The van der Waals surface area contributed by atoms with E-state index in [1.54, 1.807) is 0 Å². The average molecular weight is 429 g/mol. The van der Waals surface area contributed by atoms with Gasteiger partial charge in [-0.05, 0) is 104 Å². The molecule has 4 nitrogen and oxygen atoms in total. The number of carboxylic acid groups (broad SMARTS) is 1. The Morgan fingerprint density at radius 2 is 1.71 bits per heavy atom.